The van der Waals surface area contributed by atoms with E-state index in [1.807, 2.05) is 44.1 Å². The summed E-state index contributed by atoms with van der Waals surface area (Å²) in [6.45, 7) is 0.324. The molecule has 0 bridgehead atoms. The molecule has 0 N–H and O–H groups in total. The van der Waals surface area contributed by atoms with Gasteiger partial charge in [0, 0.05) is 42.3 Å². The van der Waals surface area contributed by atoms with E-state index < -0.39 is 12.3 Å². The van der Waals surface area contributed by atoms with Crippen LogP contribution in [0.25, 0.3) is 0 Å². The van der Waals surface area contributed by atoms with Gasteiger partial charge in [-0.2, -0.15) is 0 Å². The number of benzene rings is 1. The van der Waals surface area contributed by atoms with Crippen molar-refractivity contribution in [3.8, 4) is 0 Å². The van der Waals surface area contributed by atoms with E-state index in [0.717, 1.165) is 5.56 Å². The number of fused-ring (bicyclic) bond motifs is 1. The summed E-state index contributed by atoms with van der Waals surface area (Å²) in [5.41, 5.74) is 1.46. The summed E-state index contributed by atoms with van der Waals surface area (Å²) in [4.78, 5) is 33.0. The van der Waals surface area contributed by atoms with E-state index >= 15 is 0 Å². The molecule has 2 aliphatic rings. The fraction of sp³-hybridized carbons (Fsp3) is 0.444. The summed E-state index contributed by atoms with van der Waals surface area (Å²) in [6.07, 6.45) is 1.77. The third-order valence-corrected chi connectivity index (χ3v) is 5.17. The molecule has 2 aliphatic heterocycles. The van der Waals surface area contributed by atoms with Crippen molar-refractivity contribution in [2.45, 2.75) is 25.3 Å². The number of rotatable bonds is 4. The van der Waals surface area contributed by atoms with Crippen LogP contribution in [0.5, 0.6) is 0 Å². The molecular weight excluding hydrogens is 375 g/mol. The van der Waals surface area contributed by atoms with Crippen molar-refractivity contribution in [2.75, 3.05) is 28.2 Å². The van der Waals surface area contributed by atoms with Gasteiger partial charge in [-0.25, -0.2) is 0 Å². The van der Waals surface area contributed by atoms with E-state index in [9.17, 15) is 9.59 Å². The average molecular weight is 397 g/mol. The first-order chi connectivity index (χ1) is 12.2. The van der Waals surface area contributed by atoms with Gasteiger partial charge in [0.25, 0.3) is 5.91 Å². The second-order valence-corrected chi connectivity index (χ2v) is 7.91. The molecule has 2 fully saturated rings. The van der Waals surface area contributed by atoms with Crippen molar-refractivity contribution in [3.05, 3.63) is 45.6 Å². The third-order valence-electron chi connectivity index (χ3n) is 4.59. The predicted octanol–water partition coefficient (Wildman–Crippen LogP) is 2.23. The van der Waals surface area contributed by atoms with E-state index in [2.05, 4.69) is 0 Å². The second kappa shape index (κ2) is 7.10. The molecular formula is C18H22Cl2N4O2. The minimum absolute atomic E-state index is 0.0646. The van der Waals surface area contributed by atoms with Crippen LogP contribution in [0, 0.1) is 0 Å². The summed E-state index contributed by atoms with van der Waals surface area (Å²) >= 11 is 12.2. The molecule has 8 heteroatoms. The van der Waals surface area contributed by atoms with Crippen LogP contribution in [0.4, 0.5) is 0 Å². The molecule has 2 heterocycles. The molecule has 140 valence electrons. The van der Waals surface area contributed by atoms with E-state index in [-0.39, 0.29) is 11.8 Å². The number of halogens is 2. The van der Waals surface area contributed by atoms with Crippen LogP contribution in [0.3, 0.4) is 0 Å². The van der Waals surface area contributed by atoms with E-state index in [0.29, 0.717) is 28.6 Å². The largest absolute Gasteiger partial charge is 0.383 e. The fourth-order valence-electron chi connectivity index (χ4n) is 3.57. The van der Waals surface area contributed by atoms with E-state index in [4.69, 9.17) is 23.2 Å². The molecule has 0 spiro atoms. The number of hydrogen-bond donors (Lipinski definition) is 0. The number of nitrogens with zero attached hydrogens (tertiary/aromatic N) is 4. The summed E-state index contributed by atoms with van der Waals surface area (Å²) in [7, 11) is 7.45. The highest BCUT2D eigenvalue weighted by Crippen LogP contribution is 2.37. The van der Waals surface area contributed by atoms with Gasteiger partial charge < -0.3 is 9.80 Å². The van der Waals surface area contributed by atoms with Gasteiger partial charge in [0.2, 0.25) is 5.91 Å². The Balaban J connectivity index is 1.92. The highest BCUT2D eigenvalue weighted by atomic mass is 35.5. The monoisotopic (exact) mass is 396 g/mol. The van der Waals surface area contributed by atoms with Crippen molar-refractivity contribution < 1.29 is 9.59 Å². The highest BCUT2D eigenvalue weighted by molar-refractivity contribution is 6.35. The number of hydrogen-bond acceptors (Lipinski definition) is 4. The summed E-state index contributed by atoms with van der Waals surface area (Å²) in [6, 6.07) is 4.76. The van der Waals surface area contributed by atoms with Gasteiger partial charge in [-0.15, -0.1) is 0 Å². The van der Waals surface area contributed by atoms with Crippen LogP contribution in [0.15, 0.2) is 30.0 Å². The zero-order valence-electron chi connectivity index (χ0n) is 15.2. The lowest BCUT2D eigenvalue weighted by Gasteiger charge is -2.34. The quantitative estimate of drug-likeness (QED) is 0.732. The van der Waals surface area contributed by atoms with Gasteiger partial charge in [-0.05, 0) is 31.8 Å². The molecule has 2 saturated heterocycles. The lowest BCUT2D eigenvalue weighted by Crippen LogP contribution is -2.50. The molecule has 26 heavy (non-hydrogen) atoms. The molecule has 2 atom stereocenters. The summed E-state index contributed by atoms with van der Waals surface area (Å²) in [5.74, 6) is -0.161. The van der Waals surface area contributed by atoms with Crippen LogP contribution in [0.1, 0.15) is 12.0 Å². The lowest BCUT2D eigenvalue weighted by molar-refractivity contribution is -0.134. The maximum absolute atomic E-state index is 13.1. The van der Waals surface area contributed by atoms with Crippen LogP contribution in [-0.4, -0.2) is 71.9 Å². The van der Waals surface area contributed by atoms with Crippen molar-refractivity contribution in [1.82, 2.24) is 19.6 Å². The predicted molar refractivity (Wildman–Crippen MR) is 102 cm³/mol. The zero-order chi connectivity index (χ0) is 19.2. The standard InChI is InChI=1S/C18H22Cl2N4O2/c1-21(2)9-12-7-15-17(26)23(18(22(3)4)24(15)16(12)25)10-11-5-6-13(19)8-14(11)20/h5-6,8-9,15,18H,7,10H2,1-4H3/b12-9+. The van der Waals surface area contributed by atoms with Crippen molar-refractivity contribution in [3.63, 3.8) is 0 Å². The highest BCUT2D eigenvalue weighted by Gasteiger charge is 2.54. The smallest absolute Gasteiger partial charge is 0.254 e. The molecule has 2 amide bonds. The molecule has 3 rings (SSSR count). The minimum Gasteiger partial charge on any atom is -0.383 e. The first-order valence-corrected chi connectivity index (χ1v) is 9.07. The van der Waals surface area contributed by atoms with Gasteiger partial charge >= 0.3 is 0 Å². The van der Waals surface area contributed by atoms with E-state index in [1.165, 1.54) is 0 Å². The first kappa shape index (κ1) is 19.0. The Morgan fingerprint density at radius 2 is 1.88 bits per heavy atom. The lowest BCUT2D eigenvalue weighted by atomic mass is 10.1. The zero-order valence-corrected chi connectivity index (χ0v) is 16.8. The topological polar surface area (TPSA) is 47.1 Å². The molecule has 6 nitrogen and oxygen atoms in total. The van der Waals surface area contributed by atoms with E-state index in [1.54, 1.807) is 28.1 Å². The van der Waals surface area contributed by atoms with Crippen molar-refractivity contribution in [1.29, 1.82) is 0 Å². The van der Waals surface area contributed by atoms with Gasteiger partial charge in [-0.1, -0.05) is 29.3 Å². The fourth-order valence-corrected chi connectivity index (χ4v) is 4.04. The normalized spacial score (nSPS) is 24.2. The Kier molecular flexibility index (Phi) is 5.19. The van der Waals surface area contributed by atoms with Crippen LogP contribution < -0.4 is 0 Å². The number of carbonyl (C=O) groups excluding carboxylic acids is 2. The molecule has 0 radical (unpaired) electrons. The Bertz CT molecular complexity index is 778. The SMILES string of the molecule is CN(C)/C=C1\CC2C(=O)N(Cc3ccc(Cl)cc3Cl)C(N(C)C)N2C1=O. The first-order valence-electron chi connectivity index (χ1n) is 8.31. The summed E-state index contributed by atoms with van der Waals surface area (Å²) < 4.78 is 0. The number of amides is 2. The molecule has 2 unspecified atom stereocenters. The molecule has 1 aromatic rings. The maximum atomic E-state index is 13.1. The third kappa shape index (κ3) is 3.29. The molecule has 0 aromatic heterocycles. The van der Waals surface area contributed by atoms with Crippen LogP contribution in [0.2, 0.25) is 10.0 Å². The minimum atomic E-state index is -0.466. The molecule has 0 aliphatic carbocycles. The molecule has 1 aromatic carbocycles. The van der Waals surface area contributed by atoms with Crippen LogP contribution >= 0.6 is 23.2 Å². The summed E-state index contributed by atoms with van der Waals surface area (Å²) in [5, 5.41) is 1.05. The maximum Gasteiger partial charge on any atom is 0.254 e. The Morgan fingerprint density at radius 3 is 2.46 bits per heavy atom. The second-order valence-electron chi connectivity index (χ2n) is 7.06. The van der Waals surface area contributed by atoms with Gasteiger partial charge in [0.1, 0.15) is 6.04 Å². The van der Waals surface area contributed by atoms with Crippen LogP contribution in [-0.2, 0) is 16.1 Å². The number of carbonyl (C=O) groups is 2. The Labute approximate surface area is 163 Å². The van der Waals surface area contributed by atoms with Crippen molar-refractivity contribution in [2.24, 2.45) is 0 Å². The molecule has 0 saturated carbocycles. The van der Waals surface area contributed by atoms with Crippen molar-refractivity contribution >= 4 is 35.0 Å². The van der Waals surface area contributed by atoms with Gasteiger partial charge in [0.15, 0.2) is 6.29 Å². The van der Waals surface area contributed by atoms with Gasteiger partial charge in [-0.3, -0.25) is 19.4 Å². The Hall–Kier alpha value is -1.76. The Morgan fingerprint density at radius 1 is 1.19 bits per heavy atom. The van der Waals surface area contributed by atoms with Gasteiger partial charge in [0.05, 0.1) is 6.54 Å². The average Bonchev–Trinajstić information content (AvgIpc) is 2.98.